The number of aromatic nitrogens is 2. The van der Waals surface area contributed by atoms with Gasteiger partial charge < -0.3 is 4.90 Å². The van der Waals surface area contributed by atoms with Crippen molar-refractivity contribution in [3.8, 4) is 0 Å². The van der Waals surface area contributed by atoms with Crippen LogP contribution < -0.4 is 4.90 Å². The molecule has 4 rings (SSSR count). The molecular weight excluding hydrogens is 391 g/mol. The van der Waals surface area contributed by atoms with E-state index in [9.17, 15) is 12.8 Å². The fraction of sp³-hybridized carbons (Fsp3) is 0.444. The summed E-state index contributed by atoms with van der Waals surface area (Å²) in [6.45, 7) is 1.94. The summed E-state index contributed by atoms with van der Waals surface area (Å²) in [6, 6.07) is 6.68. The Bertz CT molecular complexity index is 935. The van der Waals surface area contributed by atoms with Gasteiger partial charge in [-0.2, -0.15) is 4.31 Å². The molecule has 0 atom stereocenters. The molecule has 2 fully saturated rings. The van der Waals surface area contributed by atoms with Crippen molar-refractivity contribution in [2.75, 3.05) is 31.1 Å². The van der Waals surface area contributed by atoms with Crippen molar-refractivity contribution in [1.82, 2.24) is 14.3 Å². The molecule has 2 heterocycles. The van der Waals surface area contributed by atoms with Gasteiger partial charge in [0.25, 0.3) is 0 Å². The van der Waals surface area contributed by atoms with Crippen LogP contribution in [0.4, 0.5) is 10.2 Å². The molecule has 27 heavy (non-hydrogen) atoms. The molecule has 0 bridgehead atoms. The van der Waals surface area contributed by atoms with Crippen molar-refractivity contribution in [1.29, 1.82) is 0 Å². The molecule has 0 radical (unpaired) electrons. The zero-order valence-corrected chi connectivity index (χ0v) is 16.3. The number of sulfonamides is 1. The van der Waals surface area contributed by atoms with Gasteiger partial charge in [-0.25, -0.2) is 22.8 Å². The first-order valence-electron chi connectivity index (χ1n) is 8.98. The maximum atomic E-state index is 13.1. The average Bonchev–Trinajstić information content (AvgIpc) is 3.48. The Labute approximate surface area is 163 Å². The maximum Gasteiger partial charge on any atom is 0.243 e. The third-order valence-corrected chi connectivity index (χ3v) is 6.98. The second-order valence-electron chi connectivity index (χ2n) is 6.88. The van der Waals surface area contributed by atoms with Gasteiger partial charge in [-0.3, -0.25) is 0 Å². The lowest BCUT2D eigenvalue weighted by Crippen LogP contribution is -2.35. The van der Waals surface area contributed by atoms with E-state index in [1.807, 2.05) is 0 Å². The van der Waals surface area contributed by atoms with Crippen LogP contribution in [0, 0.1) is 5.82 Å². The van der Waals surface area contributed by atoms with Gasteiger partial charge in [0.1, 0.15) is 22.6 Å². The summed E-state index contributed by atoms with van der Waals surface area (Å²) in [5.74, 6) is 1.46. The Morgan fingerprint density at radius 2 is 1.78 bits per heavy atom. The normalized spacial score (nSPS) is 19.1. The molecule has 1 saturated heterocycles. The Morgan fingerprint density at radius 1 is 1.04 bits per heavy atom. The summed E-state index contributed by atoms with van der Waals surface area (Å²) in [6.07, 6.45) is 2.84. The summed E-state index contributed by atoms with van der Waals surface area (Å²) in [4.78, 5) is 11.1. The highest BCUT2D eigenvalue weighted by atomic mass is 35.5. The van der Waals surface area contributed by atoms with E-state index in [0.717, 1.165) is 24.5 Å². The van der Waals surface area contributed by atoms with Gasteiger partial charge in [0.05, 0.1) is 4.90 Å². The minimum atomic E-state index is -3.65. The van der Waals surface area contributed by atoms with Gasteiger partial charge in [0.15, 0.2) is 0 Å². The van der Waals surface area contributed by atoms with Gasteiger partial charge in [0.2, 0.25) is 10.0 Å². The maximum absolute atomic E-state index is 13.1. The standard InChI is InChI=1S/C18H20ClFN4O2S/c19-16-12-17(22-18(21-16)13-2-3-13)23-8-1-9-24(11-10-23)27(25,26)15-6-4-14(20)5-7-15/h4-7,12-13H,1-3,8-11H2. The zero-order chi connectivity index (χ0) is 19.0. The molecule has 1 aliphatic heterocycles. The molecule has 0 amide bonds. The molecule has 2 aliphatic rings. The topological polar surface area (TPSA) is 66.4 Å². The van der Waals surface area contributed by atoms with Gasteiger partial charge in [-0.1, -0.05) is 11.6 Å². The third-order valence-electron chi connectivity index (χ3n) is 4.87. The summed E-state index contributed by atoms with van der Waals surface area (Å²) in [7, 11) is -3.65. The van der Waals surface area contributed by atoms with Crippen LogP contribution in [-0.4, -0.2) is 48.9 Å². The predicted molar refractivity (Wildman–Crippen MR) is 101 cm³/mol. The average molecular weight is 411 g/mol. The molecule has 6 nitrogen and oxygen atoms in total. The highest BCUT2D eigenvalue weighted by Crippen LogP contribution is 2.39. The van der Waals surface area contributed by atoms with Crippen LogP contribution in [0.25, 0.3) is 0 Å². The largest absolute Gasteiger partial charge is 0.355 e. The fourth-order valence-corrected chi connectivity index (χ4v) is 4.88. The summed E-state index contributed by atoms with van der Waals surface area (Å²) >= 11 is 6.16. The third kappa shape index (κ3) is 4.07. The van der Waals surface area contributed by atoms with E-state index < -0.39 is 15.8 Å². The van der Waals surface area contributed by atoms with E-state index in [2.05, 4.69) is 14.9 Å². The van der Waals surface area contributed by atoms with Crippen LogP contribution >= 0.6 is 11.6 Å². The molecule has 1 aromatic carbocycles. The summed E-state index contributed by atoms with van der Waals surface area (Å²) in [5, 5.41) is 0.418. The first-order valence-corrected chi connectivity index (χ1v) is 10.8. The van der Waals surface area contributed by atoms with Crippen LogP contribution in [-0.2, 0) is 10.0 Å². The SMILES string of the molecule is O=S(=O)(c1ccc(F)cc1)N1CCCN(c2cc(Cl)nc(C3CC3)n2)CC1. The van der Waals surface area contributed by atoms with Crippen molar-refractivity contribution in [3.05, 3.63) is 47.1 Å². The monoisotopic (exact) mass is 410 g/mol. The van der Waals surface area contributed by atoms with Crippen LogP contribution in [0.15, 0.2) is 35.2 Å². The zero-order valence-electron chi connectivity index (χ0n) is 14.7. The number of hydrogen-bond acceptors (Lipinski definition) is 5. The van der Waals surface area contributed by atoms with E-state index in [0.29, 0.717) is 43.7 Å². The van der Waals surface area contributed by atoms with E-state index in [-0.39, 0.29) is 4.90 Å². The minimum absolute atomic E-state index is 0.110. The number of rotatable bonds is 4. The lowest BCUT2D eigenvalue weighted by Gasteiger charge is -2.23. The lowest BCUT2D eigenvalue weighted by atomic mass is 10.3. The molecule has 0 unspecified atom stereocenters. The van der Waals surface area contributed by atoms with Gasteiger partial charge in [-0.05, 0) is 43.5 Å². The molecule has 144 valence electrons. The van der Waals surface area contributed by atoms with Crippen molar-refractivity contribution in [2.45, 2.75) is 30.1 Å². The predicted octanol–water partition coefficient (Wildman–Crippen LogP) is 3.05. The Balaban J connectivity index is 1.51. The lowest BCUT2D eigenvalue weighted by molar-refractivity contribution is 0.433. The van der Waals surface area contributed by atoms with Crippen molar-refractivity contribution in [2.24, 2.45) is 0 Å². The molecule has 9 heteroatoms. The van der Waals surface area contributed by atoms with Crippen LogP contribution in [0.2, 0.25) is 5.15 Å². The van der Waals surface area contributed by atoms with Gasteiger partial charge in [-0.15, -0.1) is 0 Å². The van der Waals surface area contributed by atoms with E-state index >= 15 is 0 Å². The summed E-state index contributed by atoms with van der Waals surface area (Å²) in [5.41, 5.74) is 0. The Hall–Kier alpha value is -1.77. The van der Waals surface area contributed by atoms with Gasteiger partial charge >= 0.3 is 0 Å². The minimum Gasteiger partial charge on any atom is -0.355 e. The molecule has 0 spiro atoms. The smallest absolute Gasteiger partial charge is 0.243 e. The number of halogens is 2. The Kier molecular flexibility index (Phi) is 5.05. The number of nitrogens with zero attached hydrogens (tertiary/aromatic N) is 4. The second kappa shape index (κ2) is 7.33. The van der Waals surface area contributed by atoms with Crippen molar-refractivity contribution >= 4 is 27.4 Å². The first-order chi connectivity index (χ1) is 12.9. The molecular formula is C18H20ClFN4O2S. The molecule has 1 aliphatic carbocycles. The molecule has 1 aromatic heterocycles. The number of hydrogen-bond donors (Lipinski definition) is 0. The molecule has 1 saturated carbocycles. The number of benzene rings is 1. The van der Waals surface area contributed by atoms with E-state index in [4.69, 9.17) is 11.6 Å². The van der Waals surface area contributed by atoms with E-state index in [1.54, 1.807) is 6.07 Å². The Morgan fingerprint density at radius 3 is 2.48 bits per heavy atom. The highest BCUT2D eigenvalue weighted by Gasteiger charge is 2.30. The molecule has 2 aromatic rings. The first kappa shape index (κ1) is 18.6. The quantitative estimate of drug-likeness (QED) is 0.725. The van der Waals surface area contributed by atoms with Gasteiger partial charge in [0, 0.05) is 38.2 Å². The van der Waals surface area contributed by atoms with E-state index in [1.165, 1.54) is 28.6 Å². The van der Waals surface area contributed by atoms with Crippen molar-refractivity contribution < 1.29 is 12.8 Å². The fourth-order valence-electron chi connectivity index (χ4n) is 3.23. The van der Waals surface area contributed by atoms with Crippen LogP contribution in [0.1, 0.15) is 31.0 Å². The molecule has 0 N–H and O–H groups in total. The van der Waals surface area contributed by atoms with Crippen molar-refractivity contribution in [3.63, 3.8) is 0 Å². The summed E-state index contributed by atoms with van der Waals surface area (Å²) < 4.78 is 40.2. The highest BCUT2D eigenvalue weighted by molar-refractivity contribution is 7.89. The number of anilines is 1. The second-order valence-corrected chi connectivity index (χ2v) is 9.21. The van der Waals surface area contributed by atoms with Crippen LogP contribution in [0.5, 0.6) is 0 Å². The van der Waals surface area contributed by atoms with Crippen LogP contribution in [0.3, 0.4) is 0 Å².